The third-order valence-electron chi connectivity index (χ3n) is 2.48. The molecule has 1 heterocycles. The first-order valence-corrected chi connectivity index (χ1v) is 5.78. The molecule has 1 aromatic rings. The van der Waals surface area contributed by atoms with Gasteiger partial charge in [0.2, 0.25) is 5.91 Å². The van der Waals surface area contributed by atoms with Crippen molar-refractivity contribution in [1.82, 2.24) is 20.3 Å². The molecule has 0 aliphatic carbocycles. The Labute approximate surface area is 105 Å². The van der Waals surface area contributed by atoms with Gasteiger partial charge in [-0.3, -0.25) is 9.48 Å². The summed E-state index contributed by atoms with van der Waals surface area (Å²) in [5, 5.41) is 21.7. The van der Waals surface area contributed by atoms with Crippen LogP contribution in [-0.4, -0.2) is 38.5 Å². The number of nitrogens with two attached hydrogens (primary N) is 1. The number of nitrogens with one attached hydrogen (secondary N) is 1. The van der Waals surface area contributed by atoms with E-state index in [0.717, 1.165) is 6.42 Å². The second-order valence-corrected chi connectivity index (χ2v) is 3.82. The zero-order chi connectivity index (χ0) is 13.4. The lowest BCUT2D eigenvalue weighted by Gasteiger charge is -2.14. The van der Waals surface area contributed by atoms with Crippen molar-refractivity contribution in [3.05, 3.63) is 12.4 Å². The van der Waals surface area contributed by atoms with Gasteiger partial charge in [-0.25, -0.2) is 0 Å². The quantitative estimate of drug-likeness (QED) is 0.264. The summed E-state index contributed by atoms with van der Waals surface area (Å²) in [6.45, 7) is 2.88. The van der Waals surface area contributed by atoms with Gasteiger partial charge in [0.1, 0.15) is 0 Å². The topological polar surface area (TPSA) is 118 Å². The van der Waals surface area contributed by atoms with E-state index in [2.05, 4.69) is 20.8 Å². The Balaban J connectivity index is 2.41. The SMILES string of the molecule is CCCC(C(=O)NCCn1ccnn1)/C(N)=N/O. The first-order valence-electron chi connectivity index (χ1n) is 5.78. The van der Waals surface area contributed by atoms with Crippen LogP contribution in [0.2, 0.25) is 0 Å². The summed E-state index contributed by atoms with van der Waals surface area (Å²) in [5.41, 5.74) is 5.48. The van der Waals surface area contributed by atoms with Crippen molar-refractivity contribution in [2.24, 2.45) is 16.8 Å². The molecule has 0 aliphatic heterocycles. The van der Waals surface area contributed by atoms with Gasteiger partial charge in [0.05, 0.1) is 18.7 Å². The summed E-state index contributed by atoms with van der Waals surface area (Å²) in [5.74, 6) is -0.891. The molecule has 1 unspecified atom stereocenters. The predicted molar refractivity (Wildman–Crippen MR) is 64.8 cm³/mol. The maximum Gasteiger partial charge on any atom is 0.230 e. The highest BCUT2D eigenvalue weighted by atomic mass is 16.4. The van der Waals surface area contributed by atoms with Crippen LogP contribution in [0.15, 0.2) is 17.5 Å². The first kappa shape index (κ1) is 13.9. The van der Waals surface area contributed by atoms with Gasteiger partial charge in [0, 0.05) is 12.7 Å². The summed E-state index contributed by atoms with van der Waals surface area (Å²) in [6.07, 6.45) is 4.60. The van der Waals surface area contributed by atoms with Crippen molar-refractivity contribution < 1.29 is 10.0 Å². The minimum atomic E-state index is -0.587. The Morgan fingerprint density at radius 3 is 3.00 bits per heavy atom. The lowest BCUT2D eigenvalue weighted by atomic mass is 10.0. The van der Waals surface area contributed by atoms with E-state index in [1.165, 1.54) is 0 Å². The number of oxime groups is 1. The molecule has 8 nitrogen and oxygen atoms in total. The van der Waals surface area contributed by atoms with Gasteiger partial charge in [-0.1, -0.05) is 23.7 Å². The van der Waals surface area contributed by atoms with Crippen LogP contribution in [0.3, 0.4) is 0 Å². The number of hydrogen-bond acceptors (Lipinski definition) is 5. The molecule has 0 radical (unpaired) electrons. The highest BCUT2D eigenvalue weighted by Gasteiger charge is 2.21. The molecule has 0 spiro atoms. The number of rotatable bonds is 7. The van der Waals surface area contributed by atoms with Gasteiger partial charge in [-0.15, -0.1) is 5.10 Å². The summed E-state index contributed by atoms with van der Waals surface area (Å²) in [6, 6.07) is 0. The number of aromatic nitrogens is 3. The zero-order valence-corrected chi connectivity index (χ0v) is 10.3. The van der Waals surface area contributed by atoms with E-state index in [0.29, 0.717) is 19.5 Å². The minimum absolute atomic E-state index is 0.0601. The van der Waals surface area contributed by atoms with Crippen LogP contribution in [0.5, 0.6) is 0 Å². The largest absolute Gasteiger partial charge is 0.409 e. The van der Waals surface area contributed by atoms with E-state index in [1.807, 2.05) is 6.92 Å². The number of hydrogen-bond donors (Lipinski definition) is 3. The number of amidine groups is 1. The Morgan fingerprint density at radius 2 is 2.44 bits per heavy atom. The molecule has 18 heavy (non-hydrogen) atoms. The van der Waals surface area contributed by atoms with Gasteiger partial charge in [0.15, 0.2) is 5.84 Å². The predicted octanol–water partition coefficient (Wildman–Crippen LogP) is -0.443. The highest BCUT2D eigenvalue weighted by Crippen LogP contribution is 2.06. The molecular weight excluding hydrogens is 236 g/mol. The van der Waals surface area contributed by atoms with Crippen molar-refractivity contribution >= 4 is 11.7 Å². The Hall–Kier alpha value is -2.12. The van der Waals surface area contributed by atoms with Crippen LogP contribution in [0.1, 0.15) is 19.8 Å². The molecule has 1 atom stereocenters. The van der Waals surface area contributed by atoms with Gasteiger partial charge in [-0.05, 0) is 6.42 Å². The summed E-state index contributed by atoms with van der Waals surface area (Å²) < 4.78 is 1.61. The molecule has 4 N–H and O–H groups in total. The molecule has 0 fully saturated rings. The van der Waals surface area contributed by atoms with Gasteiger partial charge < -0.3 is 16.3 Å². The van der Waals surface area contributed by atoms with Crippen LogP contribution in [0, 0.1) is 5.92 Å². The van der Waals surface area contributed by atoms with E-state index < -0.39 is 5.92 Å². The van der Waals surface area contributed by atoms with E-state index in [4.69, 9.17) is 10.9 Å². The fourth-order valence-corrected chi connectivity index (χ4v) is 1.54. The molecule has 1 amide bonds. The molecule has 1 aromatic heterocycles. The van der Waals surface area contributed by atoms with Crippen molar-refractivity contribution in [1.29, 1.82) is 0 Å². The minimum Gasteiger partial charge on any atom is -0.409 e. The fourth-order valence-electron chi connectivity index (χ4n) is 1.54. The highest BCUT2D eigenvalue weighted by molar-refractivity contribution is 6.01. The molecule has 8 heteroatoms. The van der Waals surface area contributed by atoms with Crippen molar-refractivity contribution in [2.75, 3.05) is 6.54 Å². The van der Waals surface area contributed by atoms with E-state index in [1.54, 1.807) is 17.1 Å². The summed E-state index contributed by atoms with van der Waals surface area (Å²) in [4.78, 5) is 11.8. The molecule has 0 aliphatic rings. The Kier molecular flexibility index (Phi) is 5.62. The molecule has 0 saturated heterocycles. The van der Waals surface area contributed by atoms with E-state index >= 15 is 0 Å². The molecule has 1 rings (SSSR count). The van der Waals surface area contributed by atoms with Crippen LogP contribution >= 0.6 is 0 Å². The molecule has 100 valence electrons. The van der Waals surface area contributed by atoms with Gasteiger partial charge in [-0.2, -0.15) is 0 Å². The van der Waals surface area contributed by atoms with Crippen molar-refractivity contribution in [3.63, 3.8) is 0 Å². The van der Waals surface area contributed by atoms with E-state index in [-0.39, 0.29) is 11.7 Å². The van der Waals surface area contributed by atoms with Gasteiger partial charge in [0.25, 0.3) is 0 Å². The monoisotopic (exact) mass is 254 g/mol. The molecule has 0 bridgehead atoms. The average Bonchev–Trinajstić information content (AvgIpc) is 2.88. The first-order chi connectivity index (χ1) is 8.69. The fraction of sp³-hybridized carbons (Fsp3) is 0.600. The van der Waals surface area contributed by atoms with Gasteiger partial charge >= 0.3 is 0 Å². The molecule has 0 saturated carbocycles. The summed E-state index contributed by atoms with van der Waals surface area (Å²) >= 11 is 0. The van der Waals surface area contributed by atoms with E-state index in [9.17, 15) is 4.79 Å². The average molecular weight is 254 g/mol. The molecular formula is C10H18N6O2. The second kappa shape index (κ2) is 7.25. The van der Waals surface area contributed by atoms with Crippen LogP contribution in [0.4, 0.5) is 0 Å². The second-order valence-electron chi connectivity index (χ2n) is 3.82. The Morgan fingerprint density at radius 1 is 1.67 bits per heavy atom. The lowest BCUT2D eigenvalue weighted by Crippen LogP contribution is -2.40. The normalized spacial score (nSPS) is 13.3. The zero-order valence-electron chi connectivity index (χ0n) is 10.3. The number of nitrogens with zero attached hydrogens (tertiary/aromatic N) is 4. The number of amides is 1. The number of carbonyl (C=O) groups excluding carboxylic acids is 1. The Bertz CT molecular complexity index is 389. The maximum atomic E-state index is 11.8. The lowest BCUT2D eigenvalue weighted by molar-refractivity contribution is -0.123. The van der Waals surface area contributed by atoms with Crippen LogP contribution < -0.4 is 11.1 Å². The van der Waals surface area contributed by atoms with Crippen molar-refractivity contribution in [3.8, 4) is 0 Å². The van der Waals surface area contributed by atoms with Crippen LogP contribution in [0.25, 0.3) is 0 Å². The molecule has 0 aromatic carbocycles. The van der Waals surface area contributed by atoms with Crippen molar-refractivity contribution in [2.45, 2.75) is 26.3 Å². The third-order valence-corrected chi connectivity index (χ3v) is 2.48. The van der Waals surface area contributed by atoms with Crippen LogP contribution in [-0.2, 0) is 11.3 Å². The number of carbonyl (C=O) groups is 1. The smallest absolute Gasteiger partial charge is 0.230 e. The maximum absolute atomic E-state index is 11.8. The summed E-state index contributed by atoms with van der Waals surface area (Å²) in [7, 11) is 0. The standard InChI is InChI=1S/C10H18N6O2/c1-2-3-8(9(11)14-18)10(17)12-4-6-16-7-5-13-15-16/h5,7-8,18H,2-4,6H2,1H3,(H2,11,14)(H,12,17). The third kappa shape index (κ3) is 4.04.